The van der Waals surface area contributed by atoms with Crippen molar-refractivity contribution >= 4 is 23.0 Å². The van der Waals surface area contributed by atoms with Crippen LogP contribution in [0.25, 0.3) is 0 Å². The van der Waals surface area contributed by atoms with E-state index >= 15 is 0 Å². The molecule has 12 heavy (non-hydrogen) atoms. The quantitative estimate of drug-likeness (QED) is 0.332. The summed E-state index contributed by atoms with van der Waals surface area (Å²) in [4.78, 5) is 9.85. The van der Waals surface area contributed by atoms with Crippen molar-refractivity contribution in [3.63, 3.8) is 0 Å². The summed E-state index contributed by atoms with van der Waals surface area (Å²) >= 11 is 5.51. The van der Waals surface area contributed by atoms with Gasteiger partial charge in [0.15, 0.2) is 0 Å². The second-order valence-electron chi connectivity index (χ2n) is 2.24. The van der Waals surface area contributed by atoms with Crippen molar-refractivity contribution < 1.29 is 4.92 Å². The molecule has 1 aromatic carbocycles. The standard InChI is InChI=1S/C7H7ClN2O2/c8-4-5-2-1-3-6(7(5)9)10(11)12/h1-3H,4,9H2. The SMILES string of the molecule is Nc1c(CCl)cccc1[N+](=O)[O-]. The zero-order valence-corrected chi connectivity index (χ0v) is 6.91. The lowest BCUT2D eigenvalue weighted by atomic mass is 10.2. The summed E-state index contributed by atoms with van der Waals surface area (Å²) in [6.45, 7) is 0. The number of hydrogen-bond acceptors (Lipinski definition) is 3. The van der Waals surface area contributed by atoms with Gasteiger partial charge in [0, 0.05) is 11.9 Å². The molecule has 0 heterocycles. The van der Waals surface area contributed by atoms with E-state index in [1.54, 1.807) is 12.1 Å². The smallest absolute Gasteiger partial charge is 0.292 e. The Bertz CT molecular complexity index is 314. The first-order valence-electron chi connectivity index (χ1n) is 3.24. The molecule has 1 rings (SSSR count). The van der Waals surface area contributed by atoms with E-state index < -0.39 is 4.92 Å². The third-order valence-electron chi connectivity index (χ3n) is 1.51. The summed E-state index contributed by atoms with van der Waals surface area (Å²) in [5.41, 5.74) is 6.12. The molecule has 0 spiro atoms. The summed E-state index contributed by atoms with van der Waals surface area (Å²) < 4.78 is 0. The Labute approximate surface area is 74.1 Å². The molecule has 0 aliphatic rings. The zero-order valence-electron chi connectivity index (χ0n) is 6.16. The van der Waals surface area contributed by atoms with Crippen LogP contribution in [-0.2, 0) is 5.88 Å². The van der Waals surface area contributed by atoms with Gasteiger partial charge in [-0.05, 0) is 5.56 Å². The molecule has 0 aliphatic heterocycles. The average molecular weight is 187 g/mol. The lowest BCUT2D eigenvalue weighted by Gasteiger charge is -2.00. The van der Waals surface area contributed by atoms with E-state index in [2.05, 4.69) is 0 Å². The summed E-state index contributed by atoms with van der Waals surface area (Å²) in [6.07, 6.45) is 0. The van der Waals surface area contributed by atoms with Gasteiger partial charge in [-0.2, -0.15) is 0 Å². The third-order valence-corrected chi connectivity index (χ3v) is 1.80. The highest BCUT2D eigenvalue weighted by atomic mass is 35.5. The summed E-state index contributed by atoms with van der Waals surface area (Å²) in [5.74, 6) is 0.188. The molecule has 0 aliphatic carbocycles. The molecule has 0 unspecified atom stereocenters. The number of hydrogen-bond donors (Lipinski definition) is 1. The first-order valence-corrected chi connectivity index (χ1v) is 3.78. The van der Waals surface area contributed by atoms with Crippen molar-refractivity contribution in [3.05, 3.63) is 33.9 Å². The van der Waals surface area contributed by atoms with Gasteiger partial charge in [0.1, 0.15) is 5.69 Å². The van der Waals surface area contributed by atoms with Gasteiger partial charge in [-0.15, -0.1) is 11.6 Å². The second kappa shape index (κ2) is 3.40. The molecular formula is C7H7ClN2O2. The fourth-order valence-electron chi connectivity index (χ4n) is 0.875. The van der Waals surface area contributed by atoms with Crippen LogP contribution in [-0.4, -0.2) is 4.92 Å². The van der Waals surface area contributed by atoms with E-state index in [9.17, 15) is 10.1 Å². The van der Waals surface area contributed by atoms with Crippen LogP contribution >= 0.6 is 11.6 Å². The number of nitrogens with zero attached hydrogens (tertiary/aromatic N) is 1. The average Bonchev–Trinajstić information content (AvgIpc) is 2.04. The molecule has 0 saturated heterocycles. The summed E-state index contributed by atoms with van der Waals surface area (Å²) in [6, 6.07) is 4.58. The highest BCUT2D eigenvalue weighted by Crippen LogP contribution is 2.25. The third kappa shape index (κ3) is 1.48. The van der Waals surface area contributed by atoms with Crippen LogP contribution in [0.2, 0.25) is 0 Å². The Morgan fingerprint density at radius 1 is 1.58 bits per heavy atom. The number of anilines is 1. The topological polar surface area (TPSA) is 69.2 Å². The molecule has 0 saturated carbocycles. The molecule has 0 fully saturated rings. The molecular weight excluding hydrogens is 180 g/mol. The molecule has 2 N–H and O–H groups in total. The predicted octanol–water partition coefficient (Wildman–Crippen LogP) is 1.92. The van der Waals surface area contributed by atoms with Crippen LogP contribution in [0.15, 0.2) is 18.2 Å². The highest BCUT2D eigenvalue weighted by molar-refractivity contribution is 6.17. The molecule has 5 heteroatoms. The van der Waals surface area contributed by atoms with Gasteiger partial charge in [0.05, 0.1) is 4.92 Å². The van der Waals surface area contributed by atoms with Crippen molar-refractivity contribution in [2.24, 2.45) is 0 Å². The number of para-hydroxylation sites is 1. The Morgan fingerprint density at radius 3 is 2.75 bits per heavy atom. The number of alkyl halides is 1. The van der Waals surface area contributed by atoms with Crippen LogP contribution < -0.4 is 5.73 Å². The molecule has 1 aromatic rings. The van der Waals surface area contributed by atoms with Gasteiger partial charge in [-0.25, -0.2) is 0 Å². The van der Waals surface area contributed by atoms with Crippen LogP contribution in [0.5, 0.6) is 0 Å². The number of benzene rings is 1. The zero-order chi connectivity index (χ0) is 9.14. The van der Waals surface area contributed by atoms with E-state index in [1.807, 2.05) is 0 Å². The molecule has 0 amide bonds. The Balaban J connectivity index is 3.23. The summed E-state index contributed by atoms with van der Waals surface area (Å²) in [7, 11) is 0. The molecule has 0 radical (unpaired) electrons. The van der Waals surface area contributed by atoms with Gasteiger partial charge in [0.25, 0.3) is 5.69 Å². The lowest BCUT2D eigenvalue weighted by molar-refractivity contribution is -0.383. The van der Waals surface area contributed by atoms with Crippen LogP contribution in [0.3, 0.4) is 0 Å². The normalized spacial score (nSPS) is 9.75. The molecule has 64 valence electrons. The Morgan fingerprint density at radius 2 is 2.25 bits per heavy atom. The lowest BCUT2D eigenvalue weighted by Crippen LogP contribution is -1.98. The van der Waals surface area contributed by atoms with Crippen molar-refractivity contribution in [1.82, 2.24) is 0 Å². The predicted molar refractivity (Wildman–Crippen MR) is 47.1 cm³/mol. The fourth-order valence-corrected chi connectivity index (χ4v) is 1.11. The minimum atomic E-state index is -0.522. The van der Waals surface area contributed by atoms with E-state index in [-0.39, 0.29) is 17.3 Å². The highest BCUT2D eigenvalue weighted by Gasteiger charge is 2.12. The Kier molecular flexibility index (Phi) is 2.50. The van der Waals surface area contributed by atoms with Gasteiger partial charge in [-0.3, -0.25) is 10.1 Å². The van der Waals surface area contributed by atoms with E-state index in [0.29, 0.717) is 5.56 Å². The van der Waals surface area contributed by atoms with Crippen LogP contribution in [0.4, 0.5) is 11.4 Å². The first kappa shape index (κ1) is 8.80. The van der Waals surface area contributed by atoms with Crippen molar-refractivity contribution in [2.75, 3.05) is 5.73 Å². The van der Waals surface area contributed by atoms with Crippen LogP contribution in [0.1, 0.15) is 5.56 Å². The number of halogens is 1. The maximum absolute atomic E-state index is 10.4. The van der Waals surface area contributed by atoms with Crippen molar-refractivity contribution in [3.8, 4) is 0 Å². The number of nitro groups is 1. The first-order chi connectivity index (χ1) is 5.66. The van der Waals surface area contributed by atoms with E-state index in [0.717, 1.165) is 0 Å². The maximum Gasteiger partial charge on any atom is 0.292 e. The molecule has 0 aromatic heterocycles. The molecule has 0 atom stereocenters. The minimum absolute atomic E-state index is 0.0897. The minimum Gasteiger partial charge on any atom is -0.393 e. The molecule has 4 nitrogen and oxygen atoms in total. The Hall–Kier alpha value is -1.29. The van der Waals surface area contributed by atoms with Crippen molar-refractivity contribution in [1.29, 1.82) is 0 Å². The maximum atomic E-state index is 10.4. The fraction of sp³-hybridized carbons (Fsp3) is 0.143. The van der Waals surface area contributed by atoms with Gasteiger partial charge in [0.2, 0.25) is 0 Å². The van der Waals surface area contributed by atoms with Crippen molar-refractivity contribution in [2.45, 2.75) is 5.88 Å². The second-order valence-corrected chi connectivity index (χ2v) is 2.51. The number of nitrogen functional groups attached to an aromatic ring is 1. The monoisotopic (exact) mass is 186 g/mol. The van der Waals surface area contributed by atoms with E-state index in [1.165, 1.54) is 6.07 Å². The number of rotatable bonds is 2. The van der Waals surface area contributed by atoms with E-state index in [4.69, 9.17) is 17.3 Å². The number of nitro benzene ring substituents is 1. The molecule has 0 bridgehead atoms. The van der Waals surface area contributed by atoms with Gasteiger partial charge in [-0.1, -0.05) is 12.1 Å². The van der Waals surface area contributed by atoms with Gasteiger partial charge >= 0.3 is 0 Å². The number of nitrogens with two attached hydrogens (primary N) is 1. The van der Waals surface area contributed by atoms with Crippen LogP contribution in [0, 0.1) is 10.1 Å². The largest absolute Gasteiger partial charge is 0.393 e. The van der Waals surface area contributed by atoms with Gasteiger partial charge < -0.3 is 5.73 Å². The summed E-state index contributed by atoms with van der Waals surface area (Å²) in [5, 5.41) is 10.4.